The fourth-order valence-corrected chi connectivity index (χ4v) is 1.91. The first kappa shape index (κ1) is 14.9. The lowest BCUT2D eigenvalue weighted by molar-refractivity contribution is 0.0594. The topological polar surface area (TPSA) is 73.4 Å². The van der Waals surface area contributed by atoms with Crippen LogP contribution in [0, 0.1) is 0 Å². The predicted molar refractivity (Wildman–Crippen MR) is 77.7 cm³/mol. The molecule has 2 rings (SSSR count). The molecule has 1 heterocycles. The predicted octanol–water partition coefficient (Wildman–Crippen LogP) is 2.66. The second-order valence-electron chi connectivity index (χ2n) is 4.22. The van der Waals surface area contributed by atoms with Crippen LogP contribution in [0.3, 0.4) is 0 Å². The molecule has 0 atom stereocenters. The van der Waals surface area contributed by atoms with E-state index in [2.05, 4.69) is 14.9 Å². The van der Waals surface area contributed by atoms with Gasteiger partial charge in [-0.1, -0.05) is 0 Å². The van der Waals surface area contributed by atoms with Crippen LogP contribution in [0.2, 0.25) is 0 Å². The Bertz CT molecular complexity index is 598. The smallest absolute Gasteiger partial charge is 0.358 e. The number of carbonyl (C=O) groups is 1. The highest BCUT2D eigenvalue weighted by atomic mass is 16.5. The van der Waals surface area contributed by atoms with E-state index < -0.39 is 5.97 Å². The number of methoxy groups -OCH3 is 1. The SMILES string of the molecule is CCOc1cc(OCC)cc(-c2cc(C(=O)OC)n[nH]2)c1. The quantitative estimate of drug-likeness (QED) is 0.828. The summed E-state index contributed by atoms with van der Waals surface area (Å²) in [6.07, 6.45) is 0. The second kappa shape index (κ2) is 6.78. The van der Waals surface area contributed by atoms with Gasteiger partial charge in [0.15, 0.2) is 5.69 Å². The number of carbonyl (C=O) groups excluding carboxylic acids is 1. The van der Waals surface area contributed by atoms with Crippen molar-refractivity contribution in [2.75, 3.05) is 20.3 Å². The Morgan fingerprint density at radius 3 is 2.24 bits per heavy atom. The third-order valence-corrected chi connectivity index (χ3v) is 2.79. The van der Waals surface area contributed by atoms with Gasteiger partial charge in [0.1, 0.15) is 11.5 Å². The van der Waals surface area contributed by atoms with E-state index in [4.69, 9.17) is 9.47 Å². The molecule has 1 N–H and O–H groups in total. The molecule has 2 aromatic rings. The van der Waals surface area contributed by atoms with Crippen molar-refractivity contribution >= 4 is 5.97 Å². The molecule has 0 amide bonds. The van der Waals surface area contributed by atoms with Crippen molar-refractivity contribution in [1.82, 2.24) is 10.2 Å². The molecular formula is C15H18N2O4. The summed E-state index contributed by atoms with van der Waals surface area (Å²) < 4.78 is 15.7. The van der Waals surface area contributed by atoms with Crippen molar-refractivity contribution in [3.8, 4) is 22.8 Å². The summed E-state index contributed by atoms with van der Waals surface area (Å²) in [5, 5.41) is 6.75. The highest BCUT2D eigenvalue weighted by molar-refractivity contribution is 5.88. The van der Waals surface area contributed by atoms with Crippen molar-refractivity contribution < 1.29 is 19.0 Å². The average Bonchev–Trinajstić information content (AvgIpc) is 2.97. The maximum Gasteiger partial charge on any atom is 0.358 e. The number of benzene rings is 1. The monoisotopic (exact) mass is 290 g/mol. The van der Waals surface area contributed by atoms with E-state index in [1.807, 2.05) is 32.0 Å². The van der Waals surface area contributed by atoms with Crippen LogP contribution < -0.4 is 9.47 Å². The normalized spacial score (nSPS) is 10.2. The van der Waals surface area contributed by atoms with Crippen LogP contribution >= 0.6 is 0 Å². The summed E-state index contributed by atoms with van der Waals surface area (Å²) >= 11 is 0. The summed E-state index contributed by atoms with van der Waals surface area (Å²) in [6.45, 7) is 4.95. The molecule has 0 saturated carbocycles. The molecule has 6 heteroatoms. The maximum atomic E-state index is 11.4. The third kappa shape index (κ3) is 3.53. The van der Waals surface area contributed by atoms with Gasteiger partial charge in [-0.05, 0) is 32.0 Å². The molecule has 0 fully saturated rings. The number of hydrogen-bond donors (Lipinski definition) is 1. The number of ether oxygens (including phenoxy) is 3. The van der Waals surface area contributed by atoms with Gasteiger partial charge in [-0.2, -0.15) is 5.10 Å². The lowest BCUT2D eigenvalue weighted by atomic mass is 10.1. The number of esters is 1. The van der Waals surface area contributed by atoms with Crippen molar-refractivity contribution in [1.29, 1.82) is 0 Å². The van der Waals surface area contributed by atoms with E-state index in [1.54, 1.807) is 6.07 Å². The van der Waals surface area contributed by atoms with Gasteiger partial charge in [-0.25, -0.2) is 4.79 Å². The lowest BCUT2D eigenvalue weighted by Crippen LogP contribution is -2.00. The molecule has 112 valence electrons. The fraction of sp³-hybridized carbons (Fsp3) is 0.333. The first-order chi connectivity index (χ1) is 10.2. The zero-order valence-electron chi connectivity index (χ0n) is 12.3. The molecule has 0 aliphatic heterocycles. The summed E-state index contributed by atoms with van der Waals surface area (Å²) in [5.74, 6) is 0.920. The molecule has 1 aromatic carbocycles. The third-order valence-electron chi connectivity index (χ3n) is 2.79. The van der Waals surface area contributed by atoms with Gasteiger partial charge < -0.3 is 14.2 Å². The van der Waals surface area contributed by atoms with Crippen LogP contribution in [-0.4, -0.2) is 36.5 Å². The summed E-state index contributed by atoms with van der Waals surface area (Å²) in [5.41, 5.74) is 1.75. The van der Waals surface area contributed by atoms with Crippen molar-refractivity contribution in [3.05, 3.63) is 30.0 Å². The van der Waals surface area contributed by atoms with Gasteiger partial charge in [0.25, 0.3) is 0 Å². The van der Waals surface area contributed by atoms with Gasteiger partial charge in [-0.3, -0.25) is 5.10 Å². The Hall–Kier alpha value is -2.50. The minimum Gasteiger partial charge on any atom is -0.494 e. The summed E-state index contributed by atoms with van der Waals surface area (Å²) in [4.78, 5) is 11.4. The van der Waals surface area contributed by atoms with E-state index >= 15 is 0 Å². The van der Waals surface area contributed by atoms with Crippen LogP contribution in [0.25, 0.3) is 11.3 Å². The molecule has 0 saturated heterocycles. The first-order valence-electron chi connectivity index (χ1n) is 6.72. The zero-order valence-corrected chi connectivity index (χ0v) is 12.3. The van der Waals surface area contributed by atoms with Crippen LogP contribution in [0.15, 0.2) is 24.3 Å². The molecule has 0 spiro atoms. The molecular weight excluding hydrogens is 272 g/mol. The summed E-state index contributed by atoms with van der Waals surface area (Å²) in [6, 6.07) is 7.18. The van der Waals surface area contributed by atoms with Crippen molar-refractivity contribution in [3.63, 3.8) is 0 Å². The Morgan fingerprint density at radius 2 is 1.71 bits per heavy atom. The number of aromatic amines is 1. The minimum absolute atomic E-state index is 0.229. The van der Waals surface area contributed by atoms with Gasteiger partial charge in [0, 0.05) is 11.6 Å². The molecule has 0 radical (unpaired) electrons. The Labute approximate surface area is 123 Å². The molecule has 6 nitrogen and oxygen atoms in total. The minimum atomic E-state index is -0.483. The molecule has 1 aromatic heterocycles. The Balaban J connectivity index is 2.37. The number of rotatable bonds is 6. The van der Waals surface area contributed by atoms with Crippen LogP contribution in [0.5, 0.6) is 11.5 Å². The molecule has 0 bridgehead atoms. The number of nitrogens with zero attached hydrogens (tertiary/aromatic N) is 1. The van der Waals surface area contributed by atoms with Gasteiger partial charge in [0.2, 0.25) is 0 Å². The molecule has 21 heavy (non-hydrogen) atoms. The number of hydrogen-bond acceptors (Lipinski definition) is 5. The average molecular weight is 290 g/mol. The van der Waals surface area contributed by atoms with E-state index in [1.165, 1.54) is 7.11 Å². The lowest BCUT2D eigenvalue weighted by Gasteiger charge is -2.09. The van der Waals surface area contributed by atoms with Crippen molar-refractivity contribution in [2.24, 2.45) is 0 Å². The fourth-order valence-electron chi connectivity index (χ4n) is 1.91. The van der Waals surface area contributed by atoms with E-state index in [0.717, 1.165) is 5.56 Å². The molecule has 0 unspecified atom stereocenters. The standard InChI is InChI=1S/C15H18N2O4/c1-4-20-11-6-10(7-12(8-11)21-5-2)13-9-14(17-16-13)15(18)19-3/h6-9H,4-5H2,1-3H3,(H,16,17). The first-order valence-corrected chi connectivity index (χ1v) is 6.72. The number of nitrogens with one attached hydrogen (secondary N) is 1. The molecule has 0 aliphatic carbocycles. The van der Waals surface area contributed by atoms with Crippen LogP contribution in [-0.2, 0) is 4.74 Å². The zero-order chi connectivity index (χ0) is 15.2. The van der Waals surface area contributed by atoms with Crippen molar-refractivity contribution in [2.45, 2.75) is 13.8 Å². The Morgan fingerprint density at radius 1 is 1.10 bits per heavy atom. The van der Waals surface area contributed by atoms with E-state index in [0.29, 0.717) is 30.4 Å². The number of H-pyrrole nitrogens is 1. The summed E-state index contributed by atoms with van der Waals surface area (Å²) in [7, 11) is 1.32. The van der Waals surface area contributed by atoms with Gasteiger partial charge in [-0.15, -0.1) is 0 Å². The second-order valence-corrected chi connectivity index (χ2v) is 4.22. The maximum absolute atomic E-state index is 11.4. The highest BCUT2D eigenvalue weighted by Gasteiger charge is 2.13. The van der Waals surface area contributed by atoms with Gasteiger partial charge in [0.05, 0.1) is 26.0 Å². The number of aromatic nitrogens is 2. The van der Waals surface area contributed by atoms with E-state index in [9.17, 15) is 4.79 Å². The largest absolute Gasteiger partial charge is 0.494 e. The molecule has 0 aliphatic rings. The highest BCUT2D eigenvalue weighted by Crippen LogP contribution is 2.29. The van der Waals surface area contributed by atoms with E-state index in [-0.39, 0.29) is 5.69 Å². The Kier molecular flexibility index (Phi) is 4.81. The van der Waals surface area contributed by atoms with Gasteiger partial charge >= 0.3 is 5.97 Å². The van der Waals surface area contributed by atoms with Crippen LogP contribution in [0.1, 0.15) is 24.3 Å². The van der Waals surface area contributed by atoms with Crippen LogP contribution in [0.4, 0.5) is 0 Å².